The van der Waals surface area contributed by atoms with Crippen molar-refractivity contribution in [2.75, 3.05) is 0 Å². The third-order valence-electron chi connectivity index (χ3n) is 2.71. The molecule has 0 aliphatic carbocycles. The number of nitrogens with two attached hydrogens (primary N) is 1. The van der Waals surface area contributed by atoms with Crippen LogP contribution in [0.4, 0.5) is 0 Å². The van der Waals surface area contributed by atoms with Crippen LogP contribution < -0.4 is 10.7 Å². The molecule has 0 amide bonds. The predicted octanol–water partition coefficient (Wildman–Crippen LogP) is 0.775. The van der Waals surface area contributed by atoms with Crippen molar-refractivity contribution in [2.24, 2.45) is 5.84 Å². The van der Waals surface area contributed by atoms with Gasteiger partial charge in [0.2, 0.25) is 0 Å². The minimum Gasteiger partial charge on any atom is -0.508 e. The second-order valence-electron chi connectivity index (χ2n) is 3.99. The van der Waals surface area contributed by atoms with E-state index in [9.17, 15) is 18.3 Å². The lowest BCUT2D eigenvalue weighted by Crippen LogP contribution is -2.31. The van der Waals surface area contributed by atoms with Gasteiger partial charge in [-0.05, 0) is 36.4 Å². The van der Waals surface area contributed by atoms with Gasteiger partial charge in [0.1, 0.15) is 5.75 Å². The molecule has 2 rings (SSSR count). The highest BCUT2D eigenvalue weighted by Gasteiger charge is 2.21. The summed E-state index contributed by atoms with van der Waals surface area (Å²) >= 11 is 0. The summed E-state index contributed by atoms with van der Waals surface area (Å²) in [5.41, 5.74) is 0.276. The average molecular weight is 292 g/mol. The van der Waals surface area contributed by atoms with E-state index in [1.54, 1.807) is 10.9 Å². The van der Waals surface area contributed by atoms with E-state index in [2.05, 4.69) is 0 Å². The summed E-state index contributed by atoms with van der Waals surface area (Å²) in [4.78, 5) is 13.8. The monoisotopic (exact) mass is 292 g/mol. The molecule has 0 aromatic heterocycles. The van der Waals surface area contributed by atoms with Crippen LogP contribution in [0.1, 0.15) is 15.9 Å². The second-order valence-corrected chi connectivity index (χ2v) is 5.68. The summed E-state index contributed by atoms with van der Waals surface area (Å²) in [5, 5.41) is 9.20. The Bertz CT molecular complexity index is 739. The highest BCUT2D eigenvalue weighted by atomic mass is 32.2. The molecule has 6 nitrogen and oxygen atoms in total. The lowest BCUT2D eigenvalue weighted by Gasteiger charge is -2.08. The van der Waals surface area contributed by atoms with E-state index in [4.69, 9.17) is 5.84 Å². The maximum Gasteiger partial charge on any atom is 0.253 e. The Morgan fingerprint density at radius 2 is 1.65 bits per heavy atom. The molecule has 0 spiro atoms. The molecule has 0 unspecified atom stereocenters. The van der Waals surface area contributed by atoms with Crippen LogP contribution in [0.25, 0.3) is 0 Å². The summed E-state index contributed by atoms with van der Waals surface area (Å²) in [6.45, 7) is 0. The number of phenolic OH excluding ortho intramolecular Hbond substituents is 1. The summed E-state index contributed by atoms with van der Waals surface area (Å²) in [6.07, 6.45) is 0. The van der Waals surface area contributed by atoms with Gasteiger partial charge in [0, 0.05) is 11.1 Å². The van der Waals surface area contributed by atoms with Crippen molar-refractivity contribution < 1.29 is 18.3 Å². The van der Waals surface area contributed by atoms with Crippen molar-refractivity contribution >= 4 is 15.8 Å². The Hall–Kier alpha value is -2.22. The molecule has 0 saturated carbocycles. The van der Waals surface area contributed by atoms with Crippen LogP contribution in [0.3, 0.4) is 0 Å². The van der Waals surface area contributed by atoms with E-state index >= 15 is 0 Å². The number of hydrogen-bond acceptors (Lipinski definition) is 5. The molecule has 0 bridgehead atoms. The standard InChI is InChI=1S/C13H12N2O4S/c14-15-20(18,19)12-4-2-1-3-11(12)13(17)9-5-7-10(16)8-6-9/h1-8,15-16H,14H2. The second kappa shape index (κ2) is 5.41. The first kappa shape index (κ1) is 14.2. The Balaban J connectivity index is 2.54. The van der Waals surface area contributed by atoms with Gasteiger partial charge < -0.3 is 5.11 Å². The topological polar surface area (TPSA) is 109 Å². The third kappa shape index (κ3) is 2.69. The Kier molecular flexibility index (Phi) is 3.84. The van der Waals surface area contributed by atoms with Crippen LogP contribution >= 0.6 is 0 Å². The van der Waals surface area contributed by atoms with Crippen molar-refractivity contribution in [3.05, 3.63) is 59.7 Å². The van der Waals surface area contributed by atoms with Gasteiger partial charge in [-0.15, -0.1) is 0 Å². The van der Waals surface area contributed by atoms with Crippen LogP contribution in [0.5, 0.6) is 5.75 Å². The van der Waals surface area contributed by atoms with E-state index in [1.165, 1.54) is 42.5 Å². The fourth-order valence-electron chi connectivity index (χ4n) is 1.72. The number of sulfonamides is 1. The first-order chi connectivity index (χ1) is 9.45. The number of rotatable bonds is 4. The number of hydrazine groups is 1. The lowest BCUT2D eigenvalue weighted by atomic mass is 10.0. The molecule has 2 aromatic rings. The molecule has 2 aromatic carbocycles. The molecule has 0 atom stereocenters. The Morgan fingerprint density at radius 1 is 1.05 bits per heavy atom. The number of phenols is 1. The highest BCUT2D eigenvalue weighted by Crippen LogP contribution is 2.20. The maximum absolute atomic E-state index is 12.3. The quantitative estimate of drug-likeness (QED) is 0.438. The highest BCUT2D eigenvalue weighted by molar-refractivity contribution is 7.89. The Labute approximate surface area is 115 Å². The van der Waals surface area contributed by atoms with Gasteiger partial charge in [-0.25, -0.2) is 8.42 Å². The summed E-state index contributed by atoms with van der Waals surface area (Å²) in [6, 6.07) is 11.3. The molecular formula is C13H12N2O4S. The van der Waals surface area contributed by atoms with E-state index in [0.29, 0.717) is 0 Å². The fourth-order valence-corrected chi connectivity index (χ4v) is 2.56. The van der Waals surface area contributed by atoms with E-state index in [-0.39, 0.29) is 21.8 Å². The number of benzene rings is 2. The largest absolute Gasteiger partial charge is 0.508 e. The first-order valence-corrected chi connectivity index (χ1v) is 7.09. The summed E-state index contributed by atoms with van der Waals surface area (Å²) in [7, 11) is -3.93. The number of hydrogen-bond donors (Lipinski definition) is 3. The van der Waals surface area contributed by atoms with Crippen molar-refractivity contribution in [3.63, 3.8) is 0 Å². The number of carbonyl (C=O) groups is 1. The molecular weight excluding hydrogens is 280 g/mol. The molecule has 0 aliphatic heterocycles. The molecule has 0 heterocycles. The zero-order chi connectivity index (χ0) is 14.8. The zero-order valence-electron chi connectivity index (χ0n) is 10.3. The minimum atomic E-state index is -3.93. The van der Waals surface area contributed by atoms with Crippen LogP contribution in [0.15, 0.2) is 53.4 Å². The van der Waals surface area contributed by atoms with Crippen LogP contribution in [-0.4, -0.2) is 19.3 Å². The van der Waals surface area contributed by atoms with Gasteiger partial charge in [0.05, 0.1) is 4.90 Å². The Morgan fingerprint density at radius 3 is 2.25 bits per heavy atom. The van der Waals surface area contributed by atoms with Crippen LogP contribution in [0, 0.1) is 0 Å². The SMILES string of the molecule is NNS(=O)(=O)c1ccccc1C(=O)c1ccc(O)cc1. The number of ketones is 1. The summed E-state index contributed by atoms with van der Waals surface area (Å²) in [5.74, 6) is 4.53. The van der Waals surface area contributed by atoms with Crippen LogP contribution in [0.2, 0.25) is 0 Å². The molecule has 20 heavy (non-hydrogen) atoms. The van der Waals surface area contributed by atoms with E-state index in [1.807, 2.05) is 0 Å². The first-order valence-electron chi connectivity index (χ1n) is 5.61. The van der Waals surface area contributed by atoms with Gasteiger partial charge in [0.15, 0.2) is 5.78 Å². The van der Waals surface area contributed by atoms with Gasteiger partial charge in [-0.1, -0.05) is 12.1 Å². The van der Waals surface area contributed by atoms with Crippen molar-refractivity contribution in [1.29, 1.82) is 0 Å². The molecule has 0 saturated heterocycles. The number of aromatic hydroxyl groups is 1. The van der Waals surface area contributed by atoms with Gasteiger partial charge in [-0.3, -0.25) is 10.6 Å². The van der Waals surface area contributed by atoms with Crippen LogP contribution in [-0.2, 0) is 10.0 Å². The number of nitrogens with one attached hydrogen (secondary N) is 1. The summed E-state index contributed by atoms with van der Waals surface area (Å²) < 4.78 is 23.6. The predicted molar refractivity (Wildman–Crippen MR) is 72.5 cm³/mol. The van der Waals surface area contributed by atoms with Crippen molar-refractivity contribution in [1.82, 2.24) is 4.83 Å². The maximum atomic E-state index is 12.3. The zero-order valence-corrected chi connectivity index (χ0v) is 11.1. The van der Waals surface area contributed by atoms with Crippen molar-refractivity contribution in [3.8, 4) is 5.75 Å². The molecule has 104 valence electrons. The van der Waals surface area contributed by atoms with E-state index < -0.39 is 15.8 Å². The number of carbonyl (C=O) groups excluding carboxylic acids is 1. The fraction of sp³-hybridized carbons (Fsp3) is 0. The minimum absolute atomic E-state index is 0.0103. The van der Waals surface area contributed by atoms with E-state index in [0.717, 1.165) is 0 Å². The molecule has 0 radical (unpaired) electrons. The normalized spacial score (nSPS) is 11.2. The molecule has 0 fully saturated rings. The molecule has 7 heteroatoms. The van der Waals surface area contributed by atoms with Gasteiger partial charge in [0.25, 0.3) is 10.0 Å². The molecule has 4 N–H and O–H groups in total. The smallest absolute Gasteiger partial charge is 0.253 e. The third-order valence-corrected chi connectivity index (χ3v) is 3.95. The molecule has 0 aliphatic rings. The van der Waals surface area contributed by atoms with Gasteiger partial charge >= 0.3 is 0 Å². The average Bonchev–Trinajstić information content (AvgIpc) is 2.47. The van der Waals surface area contributed by atoms with Crippen molar-refractivity contribution in [2.45, 2.75) is 4.90 Å². The van der Waals surface area contributed by atoms with Gasteiger partial charge in [-0.2, -0.15) is 4.83 Å². The lowest BCUT2D eigenvalue weighted by molar-refractivity contribution is 0.103.